The number of ether oxygens (including phenoxy) is 2. The average Bonchev–Trinajstić information content (AvgIpc) is 2.54. The summed E-state index contributed by atoms with van der Waals surface area (Å²) in [5.41, 5.74) is 1.30. The number of amides is 1. The molecule has 0 bridgehead atoms. The molecule has 0 aromatic heterocycles. The van der Waals surface area contributed by atoms with Gasteiger partial charge in [-0.15, -0.1) is 13.2 Å². The molecule has 0 saturated heterocycles. The first-order chi connectivity index (χ1) is 11.4. The van der Waals surface area contributed by atoms with Gasteiger partial charge in [0.1, 0.15) is 11.5 Å². The van der Waals surface area contributed by atoms with Gasteiger partial charge in [-0.25, -0.2) is 0 Å². The quantitative estimate of drug-likeness (QED) is 0.875. The molecule has 2 aromatic carbocycles. The molecule has 1 N–H and O–H groups in total. The van der Waals surface area contributed by atoms with E-state index in [2.05, 4.69) is 10.1 Å². The van der Waals surface area contributed by atoms with Crippen molar-refractivity contribution < 1.29 is 27.4 Å². The van der Waals surface area contributed by atoms with Crippen molar-refractivity contribution in [2.45, 2.75) is 12.8 Å². The smallest absolute Gasteiger partial charge is 0.497 e. The predicted molar refractivity (Wildman–Crippen MR) is 82.2 cm³/mol. The Balaban J connectivity index is 1.83. The molecule has 2 rings (SSSR count). The molecule has 0 saturated carbocycles. The highest BCUT2D eigenvalue weighted by Crippen LogP contribution is 2.22. The Morgan fingerprint density at radius 1 is 1.00 bits per heavy atom. The van der Waals surface area contributed by atoms with Crippen LogP contribution in [0.3, 0.4) is 0 Å². The molecule has 0 unspecified atom stereocenters. The van der Waals surface area contributed by atoms with E-state index >= 15 is 0 Å². The van der Waals surface area contributed by atoms with Crippen molar-refractivity contribution in [2.24, 2.45) is 0 Å². The molecule has 0 atom stereocenters. The number of methoxy groups -OCH3 is 1. The molecule has 0 aliphatic carbocycles. The van der Waals surface area contributed by atoms with Crippen LogP contribution in [0.4, 0.5) is 13.2 Å². The fraction of sp³-hybridized carbons (Fsp3) is 0.235. The molecule has 24 heavy (non-hydrogen) atoms. The number of carbonyl (C=O) groups excluding carboxylic acids is 1. The Kier molecular flexibility index (Phi) is 5.68. The molecule has 4 nitrogen and oxygen atoms in total. The molecule has 0 fully saturated rings. The van der Waals surface area contributed by atoms with E-state index < -0.39 is 6.36 Å². The van der Waals surface area contributed by atoms with Crippen molar-refractivity contribution in [3.8, 4) is 11.5 Å². The lowest BCUT2D eigenvalue weighted by atomic mass is 10.1. The van der Waals surface area contributed by atoms with Crippen molar-refractivity contribution in [3.63, 3.8) is 0 Å². The molecule has 0 heterocycles. The zero-order valence-corrected chi connectivity index (χ0v) is 12.9. The summed E-state index contributed by atoms with van der Waals surface area (Å²) in [5, 5.41) is 2.71. The van der Waals surface area contributed by atoms with E-state index in [1.54, 1.807) is 7.11 Å². The van der Waals surface area contributed by atoms with Gasteiger partial charge in [0.25, 0.3) is 5.91 Å². The van der Waals surface area contributed by atoms with Crippen LogP contribution in [0.5, 0.6) is 11.5 Å². The minimum atomic E-state index is -4.75. The van der Waals surface area contributed by atoms with Crippen molar-refractivity contribution >= 4 is 5.91 Å². The van der Waals surface area contributed by atoms with Crippen molar-refractivity contribution in [1.82, 2.24) is 5.32 Å². The first-order valence-corrected chi connectivity index (χ1v) is 7.14. The van der Waals surface area contributed by atoms with E-state index in [4.69, 9.17) is 4.74 Å². The predicted octanol–water partition coefficient (Wildman–Crippen LogP) is 3.57. The monoisotopic (exact) mass is 339 g/mol. The van der Waals surface area contributed by atoms with E-state index in [-0.39, 0.29) is 17.2 Å². The maximum atomic E-state index is 12.1. The average molecular weight is 339 g/mol. The summed E-state index contributed by atoms with van der Waals surface area (Å²) >= 11 is 0. The maximum absolute atomic E-state index is 12.1. The first-order valence-electron chi connectivity index (χ1n) is 7.14. The van der Waals surface area contributed by atoms with Gasteiger partial charge in [-0.05, 0) is 48.4 Å². The summed E-state index contributed by atoms with van der Waals surface area (Å²) in [4.78, 5) is 11.9. The summed E-state index contributed by atoms with van der Waals surface area (Å²) in [6.45, 7) is 0.409. The SMILES string of the molecule is COc1ccc(CCNC(=O)c2ccc(OC(F)(F)F)cc2)cc1. The maximum Gasteiger partial charge on any atom is 0.573 e. The third kappa shape index (κ3) is 5.49. The number of carbonyl (C=O) groups is 1. The molecule has 0 aliphatic rings. The van der Waals surface area contributed by atoms with Gasteiger partial charge < -0.3 is 14.8 Å². The second-order valence-corrected chi connectivity index (χ2v) is 4.93. The summed E-state index contributed by atoms with van der Waals surface area (Å²) in [6.07, 6.45) is -4.12. The Morgan fingerprint density at radius 2 is 1.58 bits per heavy atom. The normalized spacial score (nSPS) is 11.0. The van der Waals surface area contributed by atoms with Crippen LogP contribution in [0, 0.1) is 0 Å². The summed E-state index contributed by atoms with van der Waals surface area (Å²) in [6, 6.07) is 12.2. The minimum Gasteiger partial charge on any atom is -0.497 e. The molecule has 0 spiro atoms. The number of hydrogen-bond donors (Lipinski definition) is 1. The van der Waals surface area contributed by atoms with E-state index in [0.29, 0.717) is 13.0 Å². The van der Waals surface area contributed by atoms with Crippen molar-refractivity contribution in [2.75, 3.05) is 13.7 Å². The number of rotatable bonds is 6. The third-order valence-electron chi connectivity index (χ3n) is 3.21. The van der Waals surface area contributed by atoms with E-state index in [9.17, 15) is 18.0 Å². The van der Waals surface area contributed by atoms with Crippen LogP contribution in [-0.4, -0.2) is 25.9 Å². The highest BCUT2D eigenvalue weighted by molar-refractivity contribution is 5.94. The second-order valence-electron chi connectivity index (χ2n) is 4.93. The van der Waals surface area contributed by atoms with Gasteiger partial charge in [0.2, 0.25) is 0 Å². The number of benzene rings is 2. The van der Waals surface area contributed by atoms with Crippen LogP contribution in [-0.2, 0) is 6.42 Å². The van der Waals surface area contributed by atoms with Crippen molar-refractivity contribution in [3.05, 3.63) is 59.7 Å². The van der Waals surface area contributed by atoms with Gasteiger partial charge >= 0.3 is 6.36 Å². The lowest BCUT2D eigenvalue weighted by Gasteiger charge is -2.09. The van der Waals surface area contributed by atoms with E-state index in [1.807, 2.05) is 24.3 Å². The van der Waals surface area contributed by atoms with Gasteiger partial charge in [0.15, 0.2) is 0 Å². The molecular formula is C17H16F3NO3. The third-order valence-corrected chi connectivity index (χ3v) is 3.21. The van der Waals surface area contributed by atoms with Crippen LogP contribution >= 0.6 is 0 Å². The fourth-order valence-corrected chi connectivity index (χ4v) is 2.02. The molecule has 0 radical (unpaired) electrons. The Hall–Kier alpha value is -2.70. The molecule has 0 aliphatic heterocycles. The van der Waals surface area contributed by atoms with Crippen LogP contribution in [0.25, 0.3) is 0 Å². The van der Waals surface area contributed by atoms with E-state index in [0.717, 1.165) is 23.4 Å². The second kappa shape index (κ2) is 7.72. The van der Waals surface area contributed by atoms with Gasteiger partial charge in [0.05, 0.1) is 7.11 Å². The molecule has 7 heteroatoms. The molecular weight excluding hydrogens is 323 g/mol. The first kappa shape index (κ1) is 17.7. The van der Waals surface area contributed by atoms with Gasteiger partial charge in [-0.1, -0.05) is 12.1 Å². The van der Waals surface area contributed by atoms with Crippen LogP contribution in [0.2, 0.25) is 0 Å². The Morgan fingerprint density at radius 3 is 2.12 bits per heavy atom. The van der Waals surface area contributed by atoms with Crippen LogP contribution in [0.15, 0.2) is 48.5 Å². The topological polar surface area (TPSA) is 47.6 Å². The standard InChI is InChI=1S/C17H16F3NO3/c1-23-14-6-2-12(3-7-14)10-11-21-16(22)13-4-8-15(9-5-13)24-17(18,19)20/h2-9H,10-11H2,1H3,(H,21,22). The van der Waals surface area contributed by atoms with Gasteiger partial charge in [0, 0.05) is 12.1 Å². The molecule has 1 amide bonds. The Bertz CT molecular complexity index is 667. The summed E-state index contributed by atoms with van der Waals surface area (Å²) < 4.78 is 45.0. The lowest BCUT2D eigenvalue weighted by Crippen LogP contribution is -2.25. The van der Waals surface area contributed by atoms with Crippen molar-refractivity contribution in [1.29, 1.82) is 0 Å². The summed E-state index contributed by atoms with van der Waals surface area (Å²) in [7, 11) is 1.58. The van der Waals surface area contributed by atoms with Gasteiger partial charge in [-0.3, -0.25) is 4.79 Å². The van der Waals surface area contributed by atoms with Crippen LogP contribution < -0.4 is 14.8 Å². The highest BCUT2D eigenvalue weighted by atomic mass is 19.4. The molecule has 128 valence electrons. The highest BCUT2D eigenvalue weighted by Gasteiger charge is 2.31. The Labute approximate surface area is 137 Å². The fourth-order valence-electron chi connectivity index (χ4n) is 2.02. The number of halogens is 3. The van der Waals surface area contributed by atoms with E-state index in [1.165, 1.54) is 12.1 Å². The van der Waals surface area contributed by atoms with Crippen LogP contribution in [0.1, 0.15) is 15.9 Å². The van der Waals surface area contributed by atoms with Gasteiger partial charge in [-0.2, -0.15) is 0 Å². The zero-order chi connectivity index (χ0) is 17.6. The largest absolute Gasteiger partial charge is 0.573 e. The number of nitrogens with one attached hydrogen (secondary N) is 1. The zero-order valence-electron chi connectivity index (χ0n) is 12.9. The lowest BCUT2D eigenvalue weighted by molar-refractivity contribution is -0.274. The number of alkyl halides is 3. The summed E-state index contributed by atoms with van der Waals surface area (Å²) in [5.74, 6) is 0.0308. The minimum absolute atomic E-state index is 0.263. The molecule has 2 aromatic rings. The number of hydrogen-bond acceptors (Lipinski definition) is 3.